The van der Waals surface area contributed by atoms with Gasteiger partial charge in [0.15, 0.2) is 0 Å². The Morgan fingerprint density at radius 3 is 2.93 bits per heavy atom. The highest BCUT2D eigenvalue weighted by Crippen LogP contribution is 2.37. The second-order valence-electron chi connectivity index (χ2n) is 3.69. The summed E-state index contributed by atoms with van der Waals surface area (Å²) in [6, 6.07) is 4.29. The summed E-state index contributed by atoms with van der Waals surface area (Å²) < 4.78 is 5.36. The average molecular weight is 243 g/mol. The summed E-state index contributed by atoms with van der Waals surface area (Å²) in [6.07, 6.45) is 2.35. The molecule has 0 saturated carbocycles. The van der Waals surface area contributed by atoms with Crippen LogP contribution < -0.4 is 5.73 Å². The second kappa shape index (κ2) is 5.89. The second-order valence-corrected chi connectivity index (χ2v) is 6.17. The molecule has 0 aliphatic carbocycles. The van der Waals surface area contributed by atoms with E-state index in [1.807, 2.05) is 23.1 Å². The van der Waals surface area contributed by atoms with Gasteiger partial charge >= 0.3 is 0 Å². The Bertz CT molecular complexity index is 270. The van der Waals surface area contributed by atoms with Gasteiger partial charge in [-0.05, 0) is 24.3 Å². The summed E-state index contributed by atoms with van der Waals surface area (Å²) in [5.74, 6) is 0. The van der Waals surface area contributed by atoms with Gasteiger partial charge in [-0.25, -0.2) is 0 Å². The molecular weight excluding hydrogens is 226 g/mol. The van der Waals surface area contributed by atoms with Gasteiger partial charge in [0.2, 0.25) is 0 Å². The van der Waals surface area contributed by atoms with E-state index in [1.165, 1.54) is 17.7 Å². The highest BCUT2D eigenvalue weighted by molar-refractivity contribution is 8.00. The molecule has 0 aromatic carbocycles. The number of rotatable bonds is 4. The maximum absolute atomic E-state index is 5.84. The Hall–Kier alpha value is -0.0300. The van der Waals surface area contributed by atoms with E-state index in [9.17, 15) is 0 Å². The Morgan fingerprint density at radius 1 is 1.53 bits per heavy atom. The third-order valence-electron chi connectivity index (χ3n) is 2.60. The van der Waals surface area contributed by atoms with Crippen LogP contribution in [-0.2, 0) is 4.74 Å². The van der Waals surface area contributed by atoms with Crippen LogP contribution in [0.15, 0.2) is 17.5 Å². The molecule has 0 spiro atoms. The van der Waals surface area contributed by atoms with Crippen LogP contribution in [0.2, 0.25) is 0 Å². The molecule has 1 aliphatic rings. The van der Waals surface area contributed by atoms with Gasteiger partial charge in [0.25, 0.3) is 0 Å². The SMILES string of the molecule is NCC(SC1CCOCC1)c1cccs1. The molecule has 0 amide bonds. The van der Waals surface area contributed by atoms with E-state index in [4.69, 9.17) is 10.5 Å². The molecule has 84 valence electrons. The average Bonchev–Trinajstić information content (AvgIpc) is 2.81. The minimum absolute atomic E-state index is 0.480. The van der Waals surface area contributed by atoms with Crippen LogP contribution in [0.1, 0.15) is 23.0 Å². The molecule has 1 atom stereocenters. The number of hydrogen-bond donors (Lipinski definition) is 1. The van der Waals surface area contributed by atoms with Crippen molar-refractivity contribution in [3.63, 3.8) is 0 Å². The molecule has 1 saturated heterocycles. The van der Waals surface area contributed by atoms with Crippen molar-refractivity contribution in [3.05, 3.63) is 22.4 Å². The number of nitrogens with two attached hydrogens (primary N) is 1. The molecular formula is C11H17NOS2. The first kappa shape index (κ1) is 11.5. The summed E-state index contributed by atoms with van der Waals surface area (Å²) in [5.41, 5.74) is 5.84. The third kappa shape index (κ3) is 3.21. The highest BCUT2D eigenvalue weighted by Gasteiger charge is 2.20. The zero-order valence-corrected chi connectivity index (χ0v) is 10.4. The Morgan fingerprint density at radius 2 is 2.33 bits per heavy atom. The van der Waals surface area contributed by atoms with Crippen molar-refractivity contribution in [1.82, 2.24) is 0 Å². The molecule has 1 fully saturated rings. The molecule has 0 bridgehead atoms. The first-order valence-electron chi connectivity index (χ1n) is 5.37. The minimum atomic E-state index is 0.480. The number of thiophene rings is 1. The van der Waals surface area contributed by atoms with Crippen molar-refractivity contribution in [2.45, 2.75) is 23.3 Å². The molecule has 1 unspecified atom stereocenters. The molecule has 2 heterocycles. The van der Waals surface area contributed by atoms with Crippen LogP contribution in [0.5, 0.6) is 0 Å². The van der Waals surface area contributed by atoms with Crippen molar-refractivity contribution in [2.75, 3.05) is 19.8 Å². The van der Waals surface area contributed by atoms with Gasteiger partial charge in [-0.3, -0.25) is 0 Å². The Kier molecular flexibility index (Phi) is 4.50. The third-order valence-corrected chi connectivity index (χ3v) is 5.37. The first-order chi connectivity index (χ1) is 7.40. The van der Waals surface area contributed by atoms with Crippen molar-refractivity contribution in [1.29, 1.82) is 0 Å². The molecule has 1 aliphatic heterocycles. The van der Waals surface area contributed by atoms with Crippen LogP contribution in [-0.4, -0.2) is 25.0 Å². The van der Waals surface area contributed by atoms with E-state index >= 15 is 0 Å². The molecule has 2 rings (SSSR count). The quantitative estimate of drug-likeness (QED) is 0.883. The predicted octanol–water partition coefficient (Wildman–Crippen LogP) is 2.66. The van der Waals surface area contributed by atoms with E-state index in [0.717, 1.165) is 25.0 Å². The molecule has 1 aromatic rings. The van der Waals surface area contributed by atoms with E-state index in [2.05, 4.69) is 17.5 Å². The summed E-state index contributed by atoms with van der Waals surface area (Å²) in [7, 11) is 0. The molecule has 2 N–H and O–H groups in total. The molecule has 0 radical (unpaired) electrons. The zero-order valence-electron chi connectivity index (χ0n) is 8.72. The van der Waals surface area contributed by atoms with Gasteiger partial charge in [-0.1, -0.05) is 6.07 Å². The zero-order chi connectivity index (χ0) is 10.5. The van der Waals surface area contributed by atoms with E-state index < -0.39 is 0 Å². The smallest absolute Gasteiger partial charge is 0.0516 e. The number of thioether (sulfide) groups is 1. The Balaban J connectivity index is 1.90. The predicted molar refractivity (Wildman–Crippen MR) is 67.5 cm³/mol. The van der Waals surface area contributed by atoms with Crippen LogP contribution in [0.3, 0.4) is 0 Å². The first-order valence-corrected chi connectivity index (χ1v) is 7.19. The van der Waals surface area contributed by atoms with Gasteiger partial charge in [0.05, 0.1) is 5.25 Å². The van der Waals surface area contributed by atoms with Crippen molar-refractivity contribution in [2.24, 2.45) is 5.73 Å². The van der Waals surface area contributed by atoms with Gasteiger partial charge in [-0.2, -0.15) is 0 Å². The van der Waals surface area contributed by atoms with Crippen molar-refractivity contribution >= 4 is 23.1 Å². The maximum Gasteiger partial charge on any atom is 0.0516 e. The topological polar surface area (TPSA) is 35.2 Å². The Labute approximate surface area is 99.2 Å². The fraction of sp³-hybridized carbons (Fsp3) is 0.636. The lowest BCUT2D eigenvalue weighted by atomic mass is 10.2. The standard InChI is InChI=1S/C11H17NOS2/c12-8-11(10-2-1-7-14-10)15-9-3-5-13-6-4-9/h1-2,7,9,11H,3-6,8,12H2. The van der Waals surface area contributed by atoms with Gasteiger partial charge in [0.1, 0.15) is 0 Å². The normalized spacial score (nSPS) is 20.3. The van der Waals surface area contributed by atoms with E-state index in [0.29, 0.717) is 5.25 Å². The minimum Gasteiger partial charge on any atom is -0.381 e. The van der Waals surface area contributed by atoms with Crippen LogP contribution in [0.25, 0.3) is 0 Å². The van der Waals surface area contributed by atoms with Gasteiger partial charge < -0.3 is 10.5 Å². The lowest BCUT2D eigenvalue weighted by Crippen LogP contribution is -2.20. The maximum atomic E-state index is 5.84. The monoisotopic (exact) mass is 243 g/mol. The largest absolute Gasteiger partial charge is 0.381 e. The van der Waals surface area contributed by atoms with Crippen LogP contribution in [0.4, 0.5) is 0 Å². The fourth-order valence-electron chi connectivity index (χ4n) is 1.76. The van der Waals surface area contributed by atoms with Crippen LogP contribution in [0, 0.1) is 0 Å². The highest BCUT2D eigenvalue weighted by atomic mass is 32.2. The summed E-state index contributed by atoms with van der Waals surface area (Å²) in [6.45, 7) is 2.57. The molecule has 15 heavy (non-hydrogen) atoms. The summed E-state index contributed by atoms with van der Waals surface area (Å²) >= 11 is 3.84. The fourth-order valence-corrected chi connectivity index (χ4v) is 4.06. The van der Waals surface area contributed by atoms with Crippen molar-refractivity contribution < 1.29 is 4.74 Å². The van der Waals surface area contributed by atoms with Crippen molar-refractivity contribution in [3.8, 4) is 0 Å². The number of hydrogen-bond acceptors (Lipinski definition) is 4. The van der Waals surface area contributed by atoms with E-state index in [-0.39, 0.29) is 0 Å². The van der Waals surface area contributed by atoms with E-state index in [1.54, 1.807) is 0 Å². The lowest BCUT2D eigenvalue weighted by Gasteiger charge is -2.25. The molecule has 1 aromatic heterocycles. The van der Waals surface area contributed by atoms with Crippen LogP contribution >= 0.6 is 23.1 Å². The summed E-state index contributed by atoms with van der Waals surface area (Å²) in [5, 5.41) is 3.34. The lowest BCUT2D eigenvalue weighted by molar-refractivity contribution is 0.0999. The molecule has 4 heteroatoms. The van der Waals surface area contributed by atoms with Gasteiger partial charge in [0, 0.05) is 29.9 Å². The molecule has 2 nitrogen and oxygen atoms in total. The van der Waals surface area contributed by atoms with Gasteiger partial charge in [-0.15, -0.1) is 23.1 Å². The number of ether oxygens (including phenoxy) is 1. The summed E-state index contributed by atoms with van der Waals surface area (Å²) in [4.78, 5) is 1.41.